The van der Waals surface area contributed by atoms with Crippen molar-refractivity contribution in [2.75, 3.05) is 0 Å². The van der Waals surface area contributed by atoms with E-state index < -0.39 is 0 Å². The Balaban J connectivity index is 2.55. The molecule has 27 heavy (non-hydrogen) atoms. The summed E-state index contributed by atoms with van der Waals surface area (Å²) in [5.41, 5.74) is 6.91. The second kappa shape index (κ2) is 11.9. The second-order valence-corrected chi connectivity index (χ2v) is 9.03. The molecule has 0 radical (unpaired) electrons. The fourth-order valence-electron chi connectivity index (χ4n) is 5.63. The van der Waals surface area contributed by atoms with Gasteiger partial charge in [0.25, 0.3) is 0 Å². The van der Waals surface area contributed by atoms with Gasteiger partial charge in [-0.15, -0.1) is 0 Å². The molecule has 1 aliphatic carbocycles. The molecular formula is C27H46. The Morgan fingerprint density at radius 1 is 0.778 bits per heavy atom. The molecule has 0 bridgehead atoms. The van der Waals surface area contributed by atoms with E-state index in [0.717, 1.165) is 17.8 Å². The van der Waals surface area contributed by atoms with Crippen molar-refractivity contribution >= 4 is 0 Å². The smallest absolute Gasteiger partial charge is 0.0159 e. The molecule has 0 saturated heterocycles. The van der Waals surface area contributed by atoms with Crippen LogP contribution in [0.25, 0.3) is 0 Å². The van der Waals surface area contributed by atoms with Gasteiger partial charge in [-0.2, -0.15) is 0 Å². The first-order valence-corrected chi connectivity index (χ1v) is 12.4. The van der Waals surface area contributed by atoms with Gasteiger partial charge in [0.2, 0.25) is 0 Å². The zero-order valence-electron chi connectivity index (χ0n) is 19.1. The summed E-state index contributed by atoms with van der Waals surface area (Å²) >= 11 is 0. The van der Waals surface area contributed by atoms with Crippen molar-refractivity contribution in [1.29, 1.82) is 0 Å². The number of rotatable bonds is 11. The first-order valence-electron chi connectivity index (χ1n) is 12.4. The summed E-state index contributed by atoms with van der Waals surface area (Å²) < 4.78 is 0. The molecule has 0 aliphatic heterocycles. The van der Waals surface area contributed by atoms with E-state index in [1.165, 1.54) is 83.5 Å². The molecule has 1 atom stereocenters. The molecule has 0 N–H and O–H groups in total. The highest BCUT2D eigenvalue weighted by atomic mass is 14.3. The third kappa shape index (κ3) is 5.85. The zero-order valence-corrected chi connectivity index (χ0v) is 19.1. The van der Waals surface area contributed by atoms with E-state index in [2.05, 4.69) is 46.8 Å². The molecular weight excluding hydrogens is 324 g/mol. The van der Waals surface area contributed by atoms with Crippen LogP contribution in [0.3, 0.4) is 0 Å². The Morgan fingerprint density at radius 2 is 1.37 bits per heavy atom. The van der Waals surface area contributed by atoms with Crippen LogP contribution >= 0.6 is 0 Å². The third-order valence-corrected chi connectivity index (χ3v) is 7.06. The van der Waals surface area contributed by atoms with Gasteiger partial charge in [-0.1, -0.05) is 85.3 Å². The lowest BCUT2D eigenvalue weighted by molar-refractivity contribution is 0.439. The van der Waals surface area contributed by atoms with E-state index in [9.17, 15) is 0 Å². The van der Waals surface area contributed by atoms with Gasteiger partial charge in [-0.05, 0) is 85.0 Å². The van der Waals surface area contributed by atoms with E-state index in [1.807, 2.05) is 0 Å². The average molecular weight is 371 g/mol. The van der Waals surface area contributed by atoms with E-state index in [0.29, 0.717) is 0 Å². The molecule has 0 heteroatoms. The fraction of sp³-hybridized carbons (Fsp3) is 0.778. The van der Waals surface area contributed by atoms with E-state index in [-0.39, 0.29) is 0 Å². The largest absolute Gasteiger partial charge is 0.0654 e. The van der Waals surface area contributed by atoms with Crippen LogP contribution in [0.5, 0.6) is 0 Å². The highest BCUT2D eigenvalue weighted by molar-refractivity contribution is 5.44. The lowest BCUT2D eigenvalue weighted by Crippen LogP contribution is -2.13. The van der Waals surface area contributed by atoms with Gasteiger partial charge in [-0.3, -0.25) is 0 Å². The molecule has 1 aromatic carbocycles. The molecule has 1 saturated carbocycles. The van der Waals surface area contributed by atoms with Crippen LogP contribution < -0.4 is 0 Å². The Labute approximate surface area is 170 Å². The van der Waals surface area contributed by atoms with Crippen LogP contribution in [0.2, 0.25) is 0 Å². The van der Waals surface area contributed by atoms with Crippen molar-refractivity contribution in [3.05, 3.63) is 34.4 Å². The lowest BCUT2D eigenvalue weighted by Gasteiger charge is -2.30. The van der Waals surface area contributed by atoms with E-state index in [4.69, 9.17) is 0 Å². The SMILES string of the molecule is CCCC(CCC)c1cc(C(CC)CCC)c(CC)c(C2CCCCC2)c1. The van der Waals surface area contributed by atoms with Crippen molar-refractivity contribution in [3.8, 4) is 0 Å². The van der Waals surface area contributed by atoms with Gasteiger partial charge in [0.1, 0.15) is 0 Å². The minimum absolute atomic E-state index is 0.760. The molecule has 1 aliphatic rings. The quantitative estimate of drug-likeness (QED) is 0.364. The summed E-state index contributed by atoms with van der Waals surface area (Å²) in [5.74, 6) is 2.36. The first-order chi connectivity index (χ1) is 13.2. The molecule has 1 aromatic rings. The van der Waals surface area contributed by atoms with Crippen LogP contribution in [0, 0.1) is 0 Å². The summed E-state index contributed by atoms with van der Waals surface area (Å²) in [6.45, 7) is 11.9. The van der Waals surface area contributed by atoms with Gasteiger partial charge in [0.05, 0.1) is 0 Å². The summed E-state index contributed by atoms with van der Waals surface area (Å²) in [6.07, 6.45) is 17.7. The normalized spacial score (nSPS) is 16.8. The summed E-state index contributed by atoms with van der Waals surface area (Å²) in [5, 5.41) is 0. The van der Waals surface area contributed by atoms with Crippen molar-refractivity contribution < 1.29 is 0 Å². The topological polar surface area (TPSA) is 0 Å². The van der Waals surface area contributed by atoms with Gasteiger partial charge < -0.3 is 0 Å². The monoisotopic (exact) mass is 370 g/mol. The van der Waals surface area contributed by atoms with Crippen LogP contribution in [-0.4, -0.2) is 0 Å². The Morgan fingerprint density at radius 3 is 1.89 bits per heavy atom. The molecule has 0 spiro atoms. The van der Waals surface area contributed by atoms with Crippen molar-refractivity contribution in [1.82, 2.24) is 0 Å². The lowest BCUT2D eigenvalue weighted by atomic mass is 9.75. The standard InChI is InChI=1S/C27H46/c1-6-14-21(9-4)26-19-24(22(15-7-2)16-8-3)20-27(25(26)10-5)23-17-12-11-13-18-23/h19-23H,6-18H2,1-5H3. The van der Waals surface area contributed by atoms with Gasteiger partial charge in [0, 0.05) is 0 Å². The molecule has 0 nitrogen and oxygen atoms in total. The highest BCUT2D eigenvalue weighted by Gasteiger charge is 2.24. The average Bonchev–Trinajstić information content (AvgIpc) is 2.71. The minimum atomic E-state index is 0.760. The fourth-order valence-corrected chi connectivity index (χ4v) is 5.63. The van der Waals surface area contributed by atoms with Crippen LogP contribution in [0.1, 0.15) is 152 Å². The Hall–Kier alpha value is -0.780. The predicted molar refractivity (Wildman–Crippen MR) is 122 cm³/mol. The molecule has 1 unspecified atom stereocenters. The minimum Gasteiger partial charge on any atom is -0.0654 e. The molecule has 0 heterocycles. The first kappa shape index (κ1) is 22.5. The predicted octanol–water partition coefficient (Wildman–Crippen LogP) is 9.27. The van der Waals surface area contributed by atoms with Gasteiger partial charge in [0.15, 0.2) is 0 Å². The summed E-state index contributed by atoms with van der Waals surface area (Å²) in [7, 11) is 0. The molecule has 0 amide bonds. The Bertz CT molecular complexity index is 503. The number of hydrogen-bond donors (Lipinski definition) is 0. The maximum atomic E-state index is 2.69. The van der Waals surface area contributed by atoms with E-state index in [1.54, 1.807) is 22.3 Å². The van der Waals surface area contributed by atoms with E-state index >= 15 is 0 Å². The molecule has 1 fully saturated rings. The van der Waals surface area contributed by atoms with Gasteiger partial charge in [-0.25, -0.2) is 0 Å². The van der Waals surface area contributed by atoms with Crippen molar-refractivity contribution in [3.63, 3.8) is 0 Å². The molecule has 2 rings (SSSR count). The third-order valence-electron chi connectivity index (χ3n) is 7.06. The number of hydrogen-bond acceptors (Lipinski definition) is 0. The van der Waals surface area contributed by atoms with Crippen molar-refractivity contribution in [2.45, 2.75) is 136 Å². The Kier molecular flexibility index (Phi) is 9.94. The number of benzene rings is 1. The maximum Gasteiger partial charge on any atom is -0.0159 e. The van der Waals surface area contributed by atoms with Gasteiger partial charge >= 0.3 is 0 Å². The van der Waals surface area contributed by atoms with Crippen LogP contribution in [-0.2, 0) is 6.42 Å². The molecule has 154 valence electrons. The summed E-state index contributed by atoms with van der Waals surface area (Å²) in [6, 6.07) is 5.36. The van der Waals surface area contributed by atoms with Crippen LogP contribution in [0.15, 0.2) is 12.1 Å². The second-order valence-electron chi connectivity index (χ2n) is 9.03. The highest BCUT2D eigenvalue weighted by Crippen LogP contribution is 2.41. The van der Waals surface area contributed by atoms with Crippen LogP contribution in [0.4, 0.5) is 0 Å². The summed E-state index contributed by atoms with van der Waals surface area (Å²) in [4.78, 5) is 0. The zero-order chi connectivity index (χ0) is 19.6. The maximum absolute atomic E-state index is 2.69. The molecule has 0 aromatic heterocycles. The van der Waals surface area contributed by atoms with Crippen molar-refractivity contribution in [2.24, 2.45) is 0 Å².